The van der Waals surface area contributed by atoms with Crippen LogP contribution in [0.2, 0.25) is 0 Å². The molecule has 0 aliphatic heterocycles. The molecule has 0 bridgehead atoms. The van der Waals surface area contributed by atoms with Gasteiger partial charge in [0.15, 0.2) is 0 Å². The zero-order valence-corrected chi connectivity index (χ0v) is 14.7. The molecule has 1 amide bonds. The van der Waals surface area contributed by atoms with Gasteiger partial charge in [-0.1, -0.05) is 54.6 Å². The van der Waals surface area contributed by atoms with Crippen LogP contribution in [0.25, 0.3) is 0 Å². The Bertz CT molecular complexity index is 784. The van der Waals surface area contributed by atoms with Crippen molar-refractivity contribution in [3.8, 4) is 0 Å². The van der Waals surface area contributed by atoms with E-state index in [1.54, 1.807) is 10.9 Å². The molecule has 3 aromatic rings. The lowest BCUT2D eigenvalue weighted by Gasteiger charge is -2.08. The minimum Gasteiger partial charge on any atom is -0.372 e. The summed E-state index contributed by atoms with van der Waals surface area (Å²) >= 11 is 0. The van der Waals surface area contributed by atoms with Crippen molar-refractivity contribution in [3.05, 3.63) is 89.7 Å². The Morgan fingerprint density at radius 2 is 1.62 bits per heavy atom. The van der Waals surface area contributed by atoms with Crippen molar-refractivity contribution in [3.63, 3.8) is 0 Å². The zero-order valence-electron chi connectivity index (χ0n) is 14.7. The van der Waals surface area contributed by atoms with Crippen LogP contribution in [0.15, 0.2) is 73.1 Å². The highest BCUT2D eigenvalue weighted by molar-refractivity contribution is 5.75. The van der Waals surface area contributed by atoms with E-state index in [0.717, 1.165) is 11.1 Å². The monoisotopic (exact) mass is 349 g/mol. The fourth-order valence-electron chi connectivity index (χ4n) is 2.55. The number of benzene rings is 2. The van der Waals surface area contributed by atoms with E-state index < -0.39 is 0 Å². The first-order valence-electron chi connectivity index (χ1n) is 8.73. The first kappa shape index (κ1) is 17.9. The van der Waals surface area contributed by atoms with Gasteiger partial charge in [0.2, 0.25) is 5.91 Å². The number of carbonyl (C=O) groups excluding carboxylic acids is 1. The fraction of sp³-hybridized carbons (Fsp3) is 0.238. The van der Waals surface area contributed by atoms with Crippen LogP contribution < -0.4 is 5.32 Å². The molecule has 26 heavy (non-hydrogen) atoms. The maximum atomic E-state index is 11.9. The number of hydrogen-bond donors (Lipinski definition) is 1. The molecule has 134 valence electrons. The van der Waals surface area contributed by atoms with Gasteiger partial charge in [-0.3, -0.25) is 9.48 Å². The Kier molecular flexibility index (Phi) is 6.56. The predicted octanol–water partition coefficient (Wildman–Crippen LogP) is 3.31. The van der Waals surface area contributed by atoms with Crippen molar-refractivity contribution >= 4 is 5.91 Å². The maximum Gasteiger partial charge on any atom is 0.222 e. The van der Waals surface area contributed by atoms with E-state index in [1.165, 1.54) is 5.56 Å². The van der Waals surface area contributed by atoms with Crippen molar-refractivity contribution in [1.29, 1.82) is 0 Å². The van der Waals surface area contributed by atoms with E-state index in [2.05, 4.69) is 22.5 Å². The van der Waals surface area contributed by atoms with E-state index in [4.69, 9.17) is 4.74 Å². The largest absolute Gasteiger partial charge is 0.372 e. The Labute approximate surface area is 153 Å². The summed E-state index contributed by atoms with van der Waals surface area (Å²) in [6.07, 6.45) is 3.99. The summed E-state index contributed by atoms with van der Waals surface area (Å²) < 4.78 is 7.49. The predicted molar refractivity (Wildman–Crippen MR) is 100 cm³/mol. The number of ether oxygens (including phenoxy) is 1. The number of nitrogens with zero attached hydrogens (tertiary/aromatic N) is 2. The van der Waals surface area contributed by atoms with E-state index in [9.17, 15) is 4.79 Å². The van der Waals surface area contributed by atoms with Crippen molar-refractivity contribution in [2.75, 3.05) is 0 Å². The summed E-state index contributed by atoms with van der Waals surface area (Å²) in [5.74, 6) is 0.0239. The number of nitrogens with one attached hydrogen (secondary N) is 1. The highest BCUT2D eigenvalue weighted by Crippen LogP contribution is 2.08. The number of aryl methyl sites for hydroxylation is 1. The Morgan fingerprint density at radius 1 is 0.923 bits per heavy atom. The number of rotatable bonds is 9. The third-order valence-corrected chi connectivity index (χ3v) is 4.02. The normalized spacial score (nSPS) is 10.6. The van der Waals surface area contributed by atoms with Gasteiger partial charge in [-0.25, -0.2) is 0 Å². The van der Waals surface area contributed by atoms with Gasteiger partial charge < -0.3 is 10.1 Å². The highest BCUT2D eigenvalue weighted by Gasteiger charge is 2.03. The second kappa shape index (κ2) is 9.53. The molecule has 0 atom stereocenters. The van der Waals surface area contributed by atoms with Crippen molar-refractivity contribution in [2.24, 2.45) is 0 Å². The first-order valence-corrected chi connectivity index (χ1v) is 8.73. The topological polar surface area (TPSA) is 56.2 Å². The average Bonchev–Trinajstić information content (AvgIpc) is 3.20. The minimum absolute atomic E-state index is 0.0239. The third-order valence-electron chi connectivity index (χ3n) is 4.02. The molecule has 1 heterocycles. The smallest absolute Gasteiger partial charge is 0.222 e. The molecule has 2 aromatic carbocycles. The van der Waals surface area contributed by atoms with Crippen LogP contribution in [-0.4, -0.2) is 15.7 Å². The van der Waals surface area contributed by atoms with Crippen LogP contribution in [0.4, 0.5) is 0 Å². The van der Waals surface area contributed by atoms with Gasteiger partial charge in [0.1, 0.15) is 0 Å². The van der Waals surface area contributed by atoms with Gasteiger partial charge in [0.05, 0.1) is 13.2 Å². The maximum absolute atomic E-state index is 11.9. The van der Waals surface area contributed by atoms with Crippen molar-refractivity contribution in [1.82, 2.24) is 15.1 Å². The molecule has 0 radical (unpaired) electrons. The van der Waals surface area contributed by atoms with Crippen molar-refractivity contribution < 1.29 is 9.53 Å². The molecule has 0 saturated heterocycles. The summed E-state index contributed by atoms with van der Waals surface area (Å²) in [6.45, 7) is 2.31. The van der Waals surface area contributed by atoms with Gasteiger partial charge in [-0.15, -0.1) is 0 Å². The second-order valence-electron chi connectivity index (χ2n) is 6.09. The summed E-state index contributed by atoms with van der Waals surface area (Å²) in [5, 5.41) is 7.02. The van der Waals surface area contributed by atoms with E-state index >= 15 is 0 Å². The molecule has 3 rings (SSSR count). The lowest BCUT2D eigenvalue weighted by Crippen LogP contribution is -2.24. The average molecular weight is 349 g/mol. The number of aromatic nitrogens is 2. The summed E-state index contributed by atoms with van der Waals surface area (Å²) in [7, 11) is 0. The molecular weight excluding hydrogens is 326 g/mol. The quantitative estimate of drug-likeness (QED) is 0.645. The molecule has 0 unspecified atom stereocenters. The molecule has 0 fully saturated rings. The Hall–Kier alpha value is -2.92. The second-order valence-corrected chi connectivity index (χ2v) is 6.09. The molecular formula is C21H23N3O2. The lowest BCUT2D eigenvalue weighted by molar-refractivity contribution is -0.121. The molecule has 5 heteroatoms. The van der Waals surface area contributed by atoms with Crippen LogP contribution in [0.1, 0.15) is 23.1 Å². The number of carbonyl (C=O) groups is 1. The summed E-state index contributed by atoms with van der Waals surface area (Å²) in [4.78, 5) is 11.9. The summed E-state index contributed by atoms with van der Waals surface area (Å²) in [6, 6.07) is 20.1. The molecule has 0 aliphatic rings. The standard InChI is InChI=1S/C21H23N3O2/c25-21(11-14-24-13-4-12-23-24)22-15-18-7-9-20(10-8-18)17-26-16-19-5-2-1-3-6-19/h1-10,12-13H,11,14-17H2,(H,22,25). The van der Waals surface area contributed by atoms with Crippen LogP contribution in [0.5, 0.6) is 0 Å². The lowest BCUT2D eigenvalue weighted by atomic mass is 10.1. The van der Waals surface area contributed by atoms with Gasteiger partial charge in [-0.05, 0) is 22.8 Å². The third kappa shape index (κ3) is 5.86. The SMILES string of the molecule is O=C(CCn1cccn1)NCc1ccc(COCc2ccccc2)cc1. The van der Waals surface area contributed by atoms with Crippen LogP contribution >= 0.6 is 0 Å². The van der Waals surface area contributed by atoms with Gasteiger partial charge in [0, 0.05) is 31.9 Å². The Morgan fingerprint density at radius 3 is 2.31 bits per heavy atom. The van der Waals surface area contributed by atoms with E-state index in [-0.39, 0.29) is 5.91 Å². The molecule has 1 N–H and O–H groups in total. The zero-order chi connectivity index (χ0) is 18.0. The fourth-order valence-corrected chi connectivity index (χ4v) is 2.55. The molecule has 0 aliphatic carbocycles. The van der Waals surface area contributed by atoms with Crippen LogP contribution in [0.3, 0.4) is 0 Å². The molecule has 1 aromatic heterocycles. The van der Waals surface area contributed by atoms with Gasteiger partial charge >= 0.3 is 0 Å². The number of amides is 1. The van der Waals surface area contributed by atoms with Crippen LogP contribution in [-0.2, 0) is 35.8 Å². The van der Waals surface area contributed by atoms with Crippen molar-refractivity contribution in [2.45, 2.75) is 32.7 Å². The van der Waals surface area contributed by atoms with Gasteiger partial charge in [-0.2, -0.15) is 5.10 Å². The molecule has 0 spiro atoms. The highest BCUT2D eigenvalue weighted by atomic mass is 16.5. The first-order chi connectivity index (χ1) is 12.8. The van der Waals surface area contributed by atoms with Gasteiger partial charge in [0.25, 0.3) is 0 Å². The van der Waals surface area contributed by atoms with E-state index in [1.807, 2.05) is 54.7 Å². The summed E-state index contributed by atoms with van der Waals surface area (Å²) in [5.41, 5.74) is 3.36. The molecule has 5 nitrogen and oxygen atoms in total. The molecule has 0 saturated carbocycles. The Balaban J connectivity index is 1.36. The minimum atomic E-state index is 0.0239. The number of hydrogen-bond acceptors (Lipinski definition) is 3. The van der Waals surface area contributed by atoms with Crippen LogP contribution in [0, 0.1) is 0 Å². The van der Waals surface area contributed by atoms with E-state index in [0.29, 0.717) is 32.7 Å².